The molecule has 0 bridgehead atoms. The molecule has 5 heteroatoms. The summed E-state index contributed by atoms with van der Waals surface area (Å²) >= 11 is 3.70. The lowest BCUT2D eigenvalue weighted by molar-refractivity contribution is -0.782. The van der Waals surface area contributed by atoms with Crippen LogP contribution in [0.2, 0.25) is 0 Å². The number of hydrogen-bond acceptors (Lipinski definition) is 3. The lowest BCUT2D eigenvalue weighted by atomic mass is 10.6. The second-order valence-electron chi connectivity index (χ2n) is 3.52. The lowest BCUT2D eigenvalue weighted by Gasteiger charge is -2.28. The molecule has 0 amide bonds. The van der Waals surface area contributed by atoms with Gasteiger partial charge >= 0.3 is 0 Å². The maximum atomic E-state index is 7.13. The Morgan fingerprint density at radius 2 is 1.69 bits per heavy atom. The molecule has 0 spiro atoms. The predicted octanol–water partition coefficient (Wildman–Crippen LogP) is 0.254. The summed E-state index contributed by atoms with van der Waals surface area (Å²) in [5.74, 6) is 1.07. The van der Waals surface area contributed by atoms with E-state index in [9.17, 15) is 0 Å². The number of hydrogen-bond donors (Lipinski definition) is 0. The van der Waals surface area contributed by atoms with Crippen molar-refractivity contribution < 1.29 is 4.48 Å². The first-order valence-electron chi connectivity index (χ1n) is 3.78. The molecule has 0 radical (unpaired) electrons. The number of nitrogens with zero attached hydrogens (tertiary/aromatic N) is 4. The van der Waals surface area contributed by atoms with Crippen LogP contribution in [-0.2, 0) is 12.6 Å². The number of thiocyanates is 1. The summed E-state index contributed by atoms with van der Waals surface area (Å²) in [6.07, 6.45) is 0. The van der Waals surface area contributed by atoms with Gasteiger partial charge in [-0.15, -0.1) is 0 Å². The summed E-state index contributed by atoms with van der Waals surface area (Å²) < 4.78 is 0.767. The van der Waals surface area contributed by atoms with Crippen molar-refractivity contribution >= 4 is 18.6 Å². The van der Waals surface area contributed by atoms with Crippen molar-refractivity contribution in [2.75, 3.05) is 42.3 Å². The zero-order valence-electron chi connectivity index (χ0n) is 9.20. The van der Waals surface area contributed by atoms with Crippen LogP contribution < -0.4 is 0 Å². The molecular formula is C8H18N4S. The minimum atomic E-state index is 0.767. The molecule has 0 rings (SSSR count). The van der Waals surface area contributed by atoms with E-state index in [2.05, 4.69) is 38.8 Å². The third-order valence-corrected chi connectivity index (χ3v) is 1.20. The van der Waals surface area contributed by atoms with Crippen LogP contribution in [0.15, 0.2) is 4.99 Å². The Kier molecular flexibility index (Phi) is 7.48. The third kappa shape index (κ3) is 7.50. The van der Waals surface area contributed by atoms with Crippen LogP contribution in [0.4, 0.5) is 0 Å². The molecule has 0 aliphatic heterocycles. The van der Waals surface area contributed by atoms with Gasteiger partial charge in [0.05, 0.1) is 21.1 Å². The van der Waals surface area contributed by atoms with Gasteiger partial charge in [0.2, 0.25) is 0 Å². The molecule has 0 saturated carbocycles. The molecule has 0 saturated heterocycles. The molecule has 0 aliphatic carbocycles. The molecule has 0 heterocycles. The third-order valence-electron chi connectivity index (χ3n) is 1.20. The number of quaternary nitrogens is 1. The van der Waals surface area contributed by atoms with E-state index in [1.54, 1.807) is 0 Å². The normalized spacial score (nSPS) is 11.0. The molecule has 4 nitrogen and oxygen atoms in total. The van der Waals surface area contributed by atoms with Gasteiger partial charge in [-0.3, -0.25) is 4.48 Å². The molecule has 0 atom stereocenters. The van der Waals surface area contributed by atoms with E-state index in [0.29, 0.717) is 0 Å². The van der Waals surface area contributed by atoms with Crippen LogP contribution in [0.1, 0.15) is 0 Å². The van der Waals surface area contributed by atoms with E-state index in [0.717, 1.165) is 10.4 Å². The first-order valence-corrected chi connectivity index (χ1v) is 4.19. The molecule has 13 heavy (non-hydrogen) atoms. The summed E-state index contributed by atoms with van der Waals surface area (Å²) in [7, 11) is 12.1. The molecular weight excluding hydrogens is 184 g/mol. The van der Waals surface area contributed by atoms with Crippen molar-refractivity contribution in [3.05, 3.63) is 0 Å². The van der Waals surface area contributed by atoms with Crippen molar-refractivity contribution in [1.82, 2.24) is 4.90 Å². The Morgan fingerprint density at radius 3 is 1.69 bits per heavy atom. The zero-order chi connectivity index (χ0) is 11.1. The van der Waals surface area contributed by atoms with Crippen LogP contribution in [0.3, 0.4) is 0 Å². The number of guanidine groups is 1. The van der Waals surface area contributed by atoms with Crippen molar-refractivity contribution in [2.24, 2.45) is 4.99 Å². The topological polar surface area (TPSA) is 39.4 Å². The Hall–Kier alpha value is -0.860. The Bertz CT molecular complexity index is 197. The van der Waals surface area contributed by atoms with Crippen LogP contribution >= 0.6 is 0 Å². The largest absolute Gasteiger partial charge is 0.696 e. The van der Waals surface area contributed by atoms with Crippen molar-refractivity contribution in [1.29, 1.82) is 5.26 Å². The average molecular weight is 202 g/mol. The van der Waals surface area contributed by atoms with Gasteiger partial charge in [0, 0.05) is 21.1 Å². The standard InChI is InChI=1S/C7H18N3.CHNS/c1-8-7(9(2)3)10(4,5)6;2-1-3/h1-6H3;3H/q+1;/p-1/b8-7+;. The fourth-order valence-corrected chi connectivity index (χ4v) is 1.10. The van der Waals surface area contributed by atoms with Gasteiger partial charge in [-0.2, -0.15) is 0 Å². The second kappa shape index (κ2) is 6.63. The van der Waals surface area contributed by atoms with E-state index < -0.39 is 0 Å². The van der Waals surface area contributed by atoms with Crippen LogP contribution in [0.5, 0.6) is 0 Å². The zero-order valence-corrected chi connectivity index (χ0v) is 10.0. The van der Waals surface area contributed by atoms with Gasteiger partial charge in [0.15, 0.2) is 0 Å². The monoisotopic (exact) mass is 202 g/mol. The Balaban J connectivity index is 0. The van der Waals surface area contributed by atoms with E-state index in [4.69, 9.17) is 5.26 Å². The van der Waals surface area contributed by atoms with E-state index in [1.807, 2.05) is 26.0 Å². The fourth-order valence-electron chi connectivity index (χ4n) is 1.10. The van der Waals surface area contributed by atoms with E-state index >= 15 is 0 Å². The van der Waals surface area contributed by atoms with Crippen LogP contribution in [-0.4, -0.2) is 57.6 Å². The highest BCUT2D eigenvalue weighted by Crippen LogP contribution is 1.96. The molecule has 0 N–H and O–H groups in total. The second-order valence-corrected chi connectivity index (χ2v) is 3.70. The van der Waals surface area contributed by atoms with Crippen molar-refractivity contribution in [3.8, 4) is 5.40 Å². The molecule has 0 unspecified atom stereocenters. The highest BCUT2D eigenvalue weighted by molar-refractivity contribution is 7.64. The Morgan fingerprint density at radius 1 is 1.38 bits per heavy atom. The van der Waals surface area contributed by atoms with Gasteiger partial charge in [-0.25, -0.2) is 10.3 Å². The minimum absolute atomic E-state index is 0.767. The van der Waals surface area contributed by atoms with Gasteiger partial charge in [0.1, 0.15) is 0 Å². The van der Waals surface area contributed by atoms with Gasteiger partial charge in [-0.1, -0.05) is 5.40 Å². The molecule has 0 aromatic heterocycles. The number of rotatable bonds is 0. The summed E-state index contributed by atoms with van der Waals surface area (Å²) in [5, 5.41) is 8.47. The van der Waals surface area contributed by atoms with E-state index in [-0.39, 0.29) is 0 Å². The van der Waals surface area contributed by atoms with E-state index in [1.165, 1.54) is 5.40 Å². The molecule has 0 aromatic rings. The predicted molar refractivity (Wildman–Crippen MR) is 58.1 cm³/mol. The summed E-state index contributed by atoms with van der Waals surface area (Å²) in [6, 6.07) is 0. The molecule has 0 aromatic carbocycles. The summed E-state index contributed by atoms with van der Waals surface area (Å²) in [5.41, 5.74) is 0. The quantitative estimate of drug-likeness (QED) is 0.186. The fraction of sp³-hybridized carbons (Fsp3) is 0.750. The smallest absolute Gasteiger partial charge is 0.298 e. The van der Waals surface area contributed by atoms with Crippen molar-refractivity contribution in [2.45, 2.75) is 0 Å². The number of nitriles is 1. The summed E-state index contributed by atoms with van der Waals surface area (Å²) in [4.78, 5) is 6.20. The lowest BCUT2D eigenvalue weighted by Crippen LogP contribution is -2.48. The first kappa shape index (κ1) is 14.7. The first-order chi connectivity index (χ1) is 5.81. The van der Waals surface area contributed by atoms with Crippen LogP contribution in [0.25, 0.3) is 0 Å². The molecule has 76 valence electrons. The SMILES string of the molecule is C/N=C(\N(C)C)[N+](C)(C)C.N#C[S-]. The minimum Gasteiger partial charge on any atom is -0.696 e. The Labute approximate surface area is 86.5 Å². The van der Waals surface area contributed by atoms with Gasteiger partial charge in [0.25, 0.3) is 5.96 Å². The van der Waals surface area contributed by atoms with Gasteiger partial charge in [-0.05, 0) is 0 Å². The van der Waals surface area contributed by atoms with Gasteiger partial charge < -0.3 is 17.5 Å². The highest BCUT2D eigenvalue weighted by Gasteiger charge is 2.18. The summed E-state index contributed by atoms with van der Waals surface area (Å²) in [6.45, 7) is 0. The number of aliphatic imine (C=N–C) groups is 1. The molecule has 0 fully saturated rings. The van der Waals surface area contributed by atoms with Crippen LogP contribution in [0, 0.1) is 10.7 Å². The maximum absolute atomic E-state index is 7.13. The molecule has 0 aliphatic rings. The maximum Gasteiger partial charge on any atom is 0.298 e. The highest BCUT2D eigenvalue weighted by atomic mass is 32.1. The van der Waals surface area contributed by atoms with Crippen molar-refractivity contribution in [3.63, 3.8) is 0 Å². The average Bonchev–Trinajstić information content (AvgIpc) is 1.85.